The Kier molecular flexibility index (Phi) is 5.32. The molecule has 0 unspecified atom stereocenters. The number of carbonyl (C=O) groups is 1. The summed E-state index contributed by atoms with van der Waals surface area (Å²) in [7, 11) is 0. The SMILES string of the molecule is CC(=O)C1=C[C@@H](O[C@H](C)c2cc(C(F)(F)F)cc(C(F)(F)F)c2)CC1. The maximum atomic E-state index is 12.9. The molecule has 0 saturated carbocycles. The maximum absolute atomic E-state index is 12.9. The first-order chi connectivity index (χ1) is 11.4. The van der Waals surface area contributed by atoms with E-state index in [4.69, 9.17) is 4.74 Å². The molecule has 25 heavy (non-hydrogen) atoms. The second kappa shape index (κ2) is 6.82. The van der Waals surface area contributed by atoms with E-state index in [9.17, 15) is 31.1 Å². The predicted molar refractivity (Wildman–Crippen MR) is 77.7 cm³/mol. The summed E-state index contributed by atoms with van der Waals surface area (Å²) in [5.74, 6) is -0.128. The summed E-state index contributed by atoms with van der Waals surface area (Å²) < 4.78 is 82.9. The number of benzene rings is 1. The number of hydrogen-bond donors (Lipinski definition) is 0. The number of carbonyl (C=O) groups excluding carboxylic acids is 1. The Hall–Kier alpha value is -1.83. The number of allylic oxidation sites excluding steroid dienone is 1. The van der Waals surface area contributed by atoms with Crippen LogP contribution in [0.4, 0.5) is 26.3 Å². The van der Waals surface area contributed by atoms with Crippen molar-refractivity contribution in [3.63, 3.8) is 0 Å². The number of ketones is 1. The van der Waals surface area contributed by atoms with Gasteiger partial charge in [-0.25, -0.2) is 0 Å². The van der Waals surface area contributed by atoms with Crippen LogP contribution in [0.1, 0.15) is 49.5 Å². The number of hydrogen-bond acceptors (Lipinski definition) is 2. The van der Waals surface area contributed by atoms with Crippen LogP contribution in [-0.4, -0.2) is 11.9 Å². The molecule has 1 aliphatic carbocycles. The lowest BCUT2D eigenvalue weighted by molar-refractivity contribution is -0.143. The van der Waals surface area contributed by atoms with Gasteiger partial charge in [0.15, 0.2) is 5.78 Å². The van der Waals surface area contributed by atoms with Gasteiger partial charge in [-0.1, -0.05) is 0 Å². The summed E-state index contributed by atoms with van der Waals surface area (Å²) in [4.78, 5) is 11.3. The van der Waals surface area contributed by atoms with E-state index in [-0.39, 0.29) is 17.4 Å². The highest BCUT2D eigenvalue weighted by atomic mass is 19.4. The lowest BCUT2D eigenvalue weighted by Gasteiger charge is -2.20. The molecule has 0 amide bonds. The van der Waals surface area contributed by atoms with Gasteiger partial charge in [-0.15, -0.1) is 0 Å². The van der Waals surface area contributed by atoms with Crippen molar-refractivity contribution >= 4 is 5.78 Å². The first-order valence-corrected chi connectivity index (χ1v) is 7.54. The van der Waals surface area contributed by atoms with E-state index in [0.29, 0.717) is 30.5 Å². The summed E-state index contributed by atoms with van der Waals surface area (Å²) >= 11 is 0. The molecule has 0 aliphatic heterocycles. The average molecular weight is 366 g/mol. The molecule has 0 saturated heterocycles. The van der Waals surface area contributed by atoms with Gasteiger partial charge in [-0.05, 0) is 62.1 Å². The summed E-state index contributed by atoms with van der Waals surface area (Å²) in [5.41, 5.74) is -2.41. The number of Topliss-reactive ketones (excluding diaryl/α,β-unsaturated/α-hetero) is 1. The normalized spacial score (nSPS) is 19.7. The van der Waals surface area contributed by atoms with Gasteiger partial charge in [0.05, 0.1) is 23.3 Å². The highest BCUT2D eigenvalue weighted by molar-refractivity contribution is 5.93. The quantitative estimate of drug-likeness (QED) is 0.660. The second-order valence-electron chi connectivity index (χ2n) is 5.94. The van der Waals surface area contributed by atoms with Gasteiger partial charge in [-0.2, -0.15) is 26.3 Å². The molecule has 2 rings (SSSR count). The van der Waals surface area contributed by atoms with Crippen LogP contribution in [0.2, 0.25) is 0 Å². The van der Waals surface area contributed by atoms with Crippen molar-refractivity contribution in [3.8, 4) is 0 Å². The molecule has 0 heterocycles. The highest BCUT2D eigenvalue weighted by Crippen LogP contribution is 2.38. The van der Waals surface area contributed by atoms with E-state index in [0.717, 1.165) is 0 Å². The van der Waals surface area contributed by atoms with Gasteiger partial charge in [0.1, 0.15) is 0 Å². The minimum atomic E-state index is -4.90. The number of halogens is 6. The second-order valence-corrected chi connectivity index (χ2v) is 5.94. The van der Waals surface area contributed by atoms with Crippen LogP contribution in [0.25, 0.3) is 0 Å². The third-order valence-electron chi connectivity index (χ3n) is 4.00. The van der Waals surface area contributed by atoms with Crippen molar-refractivity contribution in [3.05, 3.63) is 46.5 Å². The smallest absolute Gasteiger partial charge is 0.366 e. The summed E-state index contributed by atoms with van der Waals surface area (Å²) in [6, 6.07) is 1.40. The van der Waals surface area contributed by atoms with Gasteiger partial charge in [0, 0.05) is 0 Å². The van der Waals surface area contributed by atoms with Crippen LogP contribution in [0.5, 0.6) is 0 Å². The molecule has 1 aliphatic rings. The lowest BCUT2D eigenvalue weighted by atomic mass is 10.0. The lowest BCUT2D eigenvalue weighted by Crippen LogP contribution is -2.15. The van der Waals surface area contributed by atoms with E-state index in [1.165, 1.54) is 13.8 Å². The number of alkyl halides is 6. The molecule has 0 radical (unpaired) electrons. The first kappa shape index (κ1) is 19.5. The fourth-order valence-corrected chi connectivity index (χ4v) is 2.64. The van der Waals surface area contributed by atoms with E-state index < -0.39 is 35.7 Å². The van der Waals surface area contributed by atoms with Gasteiger partial charge in [0.2, 0.25) is 0 Å². The monoisotopic (exact) mass is 366 g/mol. The molecule has 0 fully saturated rings. The molecule has 1 aromatic carbocycles. The molecule has 1 aromatic rings. The molecule has 2 nitrogen and oxygen atoms in total. The Morgan fingerprint density at radius 3 is 2.00 bits per heavy atom. The zero-order chi connectivity index (χ0) is 19.0. The molecular weight excluding hydrogens is 350 g/mol. The summed E-state index contributed by atoms with van der Waals surface area (Å²) in [6.45, 7) is 2.77. The van der Waals surface area contributed by atoms with Gasteiger partial charge in [0.25, 0.3) is 0 Å². The molecule has 8 heteroatoms. The van der Waals surface area contributed by atoms with Crippen LogP contribution < -0.4 is 0 Å². The summed E-state index contributed by atoms with van der Waals surface area (Å²) in [5, 5.41) is 0. The molecule has 0 spiro atoms. The third-order valence-corrected chi connectivity index (χ3v) is 4.00. The molecule has 138 valence electrons. The molecular formula is C17H16F6O2. The highest BCUT2D eigenvalue weighted by Gasteiger charge is 2.37. The van der Waals surface area contributed by atoms with E-state index >= 15 is 0 Å². The Labute approximate surface area is 140 Å². The first-order valence-electron chi connectivity index (χ1n) is 7.54. The van der Waals surface area contributed by atoms with Gasteiger partial charge in [-0.3, -0.25) is 4.79 Å². The zero-order valence-electron chi connectivity index (χ0n) is 13.5. The molecule has 0 N–H and O–H groups in total. The molecule has 0 aromatic heterocycles. The molecule has 0 bridgehead atoms. The van der Waals surface area contributed by atoms with Gasteiger partial charge >= 0.3 is 12.4 Å². The third kappa shape index (κ3) is 4.84. The van der Waals surface area contributed by atoms with Crippen LogP contribution >= 0.6 is 0 Å². The van der Waals surface area contributed by atoms with Crippen LogP contribution in [0.15, 0.2) is 29.8 Å². The largest absolute Gasteiger partial charge is 0.416 e. The van der Waals surface area contributed by atoms with Crippen molar-refractivity contribution in [1.82, 2.24) is 0 Å². The average Bonchev–Trinajstić information content (AvgIpc) is 2.93. The Morgan fingerprint density at radius 1 is 1.08 bits per heavy atom. The Balaban J connectivity index is 2.30. The van der Waals surface area contributed by atoms with Crippen molar-refractivity contribution in [2.75, 3.05) is 0 Å². The standard InChI is InChI=1S/C17H16F6O2/c1-9(24)11-3-4-15(7-11)25-10(2)12-5-13(16(18,19)20)8-14(6-12)17(21,22)23/h5-8,10,15H,3-4H2,1-2H3/t10-,15+/m1/s1. The van der Waals surface area contributed by atoms with Gasteiger partial charge < -0.3 is 4.74 Å². The van der Waals surface area contributed by atoms with E-state index in [2.05, 4.69) is 0 Å². The van der Waals surface area contributed by atoms with Crippen molar-refractivity contribution in [1.29, 1.82) is 0 Å². The van der Waals surface area contributed by atoms with Crippen LogP contribution in [-0.2, 0) is 21.9 Å². The minimum absolute atomic E-state index is 0.0829. The summed E-state index contributed by atoms with van der Waals surface area (Å²) in [6.07, 6.45) is -8.80. The van der Waals surface area contributed by atoms with Crippen LogP contribution in [0, 0.1) is 0 Å². The Bertz CT molecular complexity index is 655. The minimum Gasteiger partial charge on any atom is -0.366 e. The van der Waals surface area contributed by atoms with Crippen molar-refractivity contribution in [2.24, 2.45) is 0 Å². The van der Waals surface area contributed by atoms with Crippen molar-refractivity contribution < 1.29 is 35.9 Å². The number of ether oxygens (including phenoxy) is 1. The number of rotatable bonds is 4. The zero-order valence-corrected chi connectivity index (χ0v) is 13.5. The van der Waals surface area contributed by atoms with E-state index in [1.54, 1.807) is 6.08 Å². The topological polar surface area (TPSA) is 26.3 Å². The van der Waals surface area contributed by atoms with E-state index in [1.807, 2.05) is 0 Å². The fraction of sp³-hybridized carbons (Fsp3) is 0.471. The van der Waals surface area contributed by atoms with Crippen LogP contribution in [0.3, 0.4) is 0 Å². The molecule has 2 atom stereocenters. The maximum Gasteiger partial charge on any atom is 0.416 e. The predicted octanol–water partition coefficient (Wildman–Crippen LogP) is 5.48. The fourth-order valence-electron chi connectivity index (χ4n) is 2.64. The van der Waals surface area contributed by atoms with Crippen molar-refractivity contribution in [2.45, 2.75) is 51.2 Å². The Morgan fingerprint density at radius 2 is 1.60 bits per heavy atom.